The van der Waals surface area contributed by atoms with Crippen LogP contribution < -0.4 is 11.1 Å². The van der Waals surface area contributed by atoms with Gasteiger partial charge >= 0.3 is 0 Å². The third kappa shape index (κ3) is 2.94. The number of aryl methyl sites for hydroxylation is 2. The number of carbonyl (C=O) groups is 1. The first-order valence-electron chi connectivity index (χ1n) is 4.75. The van der Waals surface area contributed by atoms with Gasteiger partial charge in [0.25, 0.3) is 0 Å². The van der Waals surface area contributed by atoms with Crippen molar-refractivity contribution >= 4 is 23.2 Å². The highest BCUT2D eigenvalue weighted by molar-refractivity contribution is 6.30. The molecule has 0 unspecified atom stereocenters. The molecule has 4 heteroatoms. The molecule has 0 aliphatic heterocycles. The quantitative estimate of drug-likeness (QED) is 0.813. The summed E-state index contributed by atoms with van der Waals surface area (Å²) in [7, 11) is 0. The molecule has 3 N–H and O–H groups in total. The van der Waals surface area contributed by atoms with Crippen molar-refractivity contribution in [1.29, 1.82) is 0 Å². The third-order valence-corrected chi connectivity index (χ3v) is 2.38. The zero-order chi connectivity index (χ0) is 11.6. The maximum Gasteiger partial charge on any atom is 0.241 e. The number of halogens is 1. The fourth-order valence-electron chi connectivity index (χ4n) is 1.34. The molecule has 0 aliphatic rings. The Morgan fingerprint density at radius 2 is 1.87 bits per heavy atom. The van der Waals surface area contributed by atoms with Crippen LogP contribution in [-0.2, 0) is 4.79 Å². The topological polar surface area (TPSA) is 55.1 Å². The lowest BCUT2D eigenvalue weighted by molar-refractivity contribution is -0.117. The zero-order valence-corrected chi connectivity index (χ0v) is 9.85. The van der Waals surface area contributed by atoms with Gasteiger partial charge in [0, 0.05) is 10.7 Å². The van der Waals surface area contributed by atoms with E-state index in [1.165, 1.54) is 0 Å². The van der Waals surface area contributed by atoms with E-state index in [-0.39, 0.29) is 5.91 Å². The average Bonchev–Trinajstić information content (AvgIpc) is 2.10. The van der Waals surface area contributed by atoms with Crippen molar-refractivity contribution in [1.82, 2.24) is 0 Å². The molecular weight excluding hydrogens is 212 g/mol. The summed E-state index contributed by atoms with van der Waals surface area (Å²) in [6.45, 7) is 5.45. The van der Waals surface area contributed by atoms with E-state index >= 15 is 0 Å². The van der Waals surface area contributed by atoms with Crippen LogP contribution in [0.4, 0.5) is 5.69 Å². The Balaban J connectivity index is 3.00. The van der Waals surface area contributed by atoms with Crippen LogP contribution in [0.2, 0.25) is 5.02 Å². The minimum Gasteiger partial charge on any atom is -0.324 e. The Kier molecular flexibility index (Phi) is 3.72. The van der Waals surface area contributed by atoms with Gasteiger partial charge in [-0.3, -0.25) is 4.79 Å². The predicted octanol–water partition coefficient (Wildman–Crippen LogP) is 2.24. The van der Waals surface area contributed by atoms with Crippen LogP contribution in [0.15, 0.2) is 12.1 Å². The monoisotopic (exact) mass is 226 g/mol. The van der Waals surface area contributed by atoms with Gasteiger partial charge in [-0.2, -0.15) is 0 Å². The van der Waals surface area contributed by atoms with Crippen LogP contribution in [0.25, 0.3) is 0 Å². The summed E-state index contributed by atoms with van der Waals surface area (Å²) < 4.78 is 0. The standard InChI is InChI=1S/C11H15ClN2O/c1-6-4-9(12)5-7(2)10(6)14-11(15)8(3)13/h4-5,8H,13H2,1-3H3,(H,14,15)/t8-/m1/s1. The number of benzene rings is 1. The minimum atomic E-state index is -0.514. The van der Waals surface area contributed by atoms with E-state index in [9.17, 15) is 4.79 Å². The third-order valence-electron chi connectivity index (χ3n) is 2.16. The second-order valence-electron chi connectivity index (χ2n) is 3.69. The van der Waals surface area contributed by atoms with Crippen molar-refractivity contribution in [3.63, 3.8) is 0 Å². The number of anilines is 1. The highest BCUT2D eigenvalue weighted by atomic mass is 35.5. The molecular formula is C11H15ClN2O. The molecule has 1 aromatic rings. The maximum atomic E-state index is 11.4. The summed E-state index contributed by atoms with van der Waals surface area (Å²) >= 11 is 5.88. The van der Waals surface area contributed by atoms with Crippen molar-refractivity contribution in [3.8, 4) is 0 Å². The summed E-state index contributed by atoms with van der Waals surface area (Å²) in [4.78, 5) is 11.4. The van der Waals surface area contributed by atoms with Gasteiger partial charge in [-0.1, -0.05) is 11.6 Å². The van der Waals surface area contributed by atoms with Crippen molar-refractivity contribution in [2.75, 3.05) is 5.32 Å². The number of rotatable bonds is 2. The van der Waals surface area contributed by atoms with Crippen molar-refractivity contribution in [2.24, 2.45) is 5.73 Å². The van der Waals surface area contributed by atoms with Gasteiger partial charge in [0.2, 0.25) is 5.91 Å². The number of hydrogen-bond donors (Lipinski definition) is 2. The predicted molar refractivity (Wildman–Crippen MR) is 63.2 cm³/mol. The van der Waals surface area contributed by atoms with Crippen molar-refractivity contribution in [3.05, 3.63) is 28.3 Å². The van der Waals surface area contributed by atoms with Gasteiger partial charge in [0.15, 0.2) is 0 Å². The lowest BCUT2D eigenvalue weighted by Gasteiger charge is -2.13. The Labute approximate surface area is 94.6 Å². The summed E-state index contributed by atoms with van der Waals surface area (Å²) in [5, 5.41) is 3.45. The van der Waals surface area contributed by atoms with E-state index in [0.717, 1.165) is 16.8 Å². The highest BCUT2D eigenvalue weighted by Crippen LogP contribution is 2.24. The van der Waals surface area contributed by atoms with Gasteiger partial charge < -0.3 is 11.1 Å². The number of amides is 1. The second-order valence-corrected chi connectivity index (χ2v) is 4.13. The molecule has 0 bridgehead atoms. The number of nitrogens with two attached hydrogens (primary N) is 1. The van der Waals surface area contributed by atoms with Crippen molar-refractivity contribution in [2.45, 2.75) is 26.8 Å². The molecule has 0 heterocycles. The number of nitrogens with one attached hydrogen (secondary N) is 1. The molecule has 15 heavy (non-hydrogen) atoms. The molecule has 3 nitrogen and oxygen atoms in total. The van der Waals surface area contributed by atoms with Crippen LogP contribution in [0.5, 0.6) is 0 Å². The SMILES string of the molecule is Cc1cc(Cl)cc(C)c1NC(=O)[C@@H](C)N. The first kappa shape index (κ1) is 12.0. The summed E-state index contributed by atoms with van der Waals surface area (Å²) in [6, 6.07) is 3.11. The van der Waals surface area contributed by atoms with Crippen LogP contribution in [0.1, 0.15) is 18.1 Å². The average molecular weight is 227 g/mol. The molecule has 82 valence electrons. The molecule has 0 aliphatic carbocycles. The number of carbonyl (C=O) groups excluding carboxylic acids is 1. The van der Waals surface area contributed by atoms with E-state index in [1.807, 2.05) is 26.0 Å². The van der Waals surface area contributed by atoms with E-state index < -0.39 is 6.04 Å². The molecule has 0 saturated heterocycles. The Bertz CT molecular complexity index is 365. The van der Waals surface area contributed by atoms with Crippen LogP contribution in [0, 0.1) is 13.8 Å². The molecule has 0 spiro atoms. The van der Waals surface area contributed by atoms with Gasteiger partial charge in [-0.15, -0.1) is 0 Å². The highest BCUT2D eigenvalue weighted by Gasteiger charge is 2.11. The zero-order valence-electron chi connectivity index (χ0n) is 9.10. The lowest BCUT2D eigenvalue weighted by Crippen LogP contribution is -2.32. The molecule has 0 aromatic heterocycles. The Morgan fingerprint density at radius 3 is 2.27 bits per heavy atom. The normalized spacial score (nSPS) is 12.3. The molecule has 1 atom stereocenters. The van der Waals surface area contributed by atoms with Crippen LogP contribution in [0.3, 0.4) is 0 Å². The largest absolute Gasteiger partial charge is 0.324 e. The summed E-state index contributed by atoms with van der Waals surface area (Å²) in [6.07, 6.45) is 0. The Hall–Kier alpha value is -1.06. The van der Waals surface area contributed by atoms with Gasteiger partial charge in [-0.05, 0) is 44.0 Å². The van der Waals surface area contributed by atoms with E-state index in [0.29, 0.717) is 5.02 Å². The van der Waals surface area contributed by atoms with Gasteiger partial charge in [-0.25, -0.2) is 0 Å². The number of hydrogen-bond acceptors (Lipinski definition) is 2. The molecule has 1 rings (SSSR count). The maximum absolute atomic E-state index is 11.4. The van der Waals surface area contributed by atoms with E-state index in [1.54, 1.807) is 6.92 Å². The van der Waals surface area contributed by atoms with Crippen LogP contribution in [-0.4, -0.2) is 11.9 Å². The van der Waals surface area contributed by atoms with Crippen LogP contribution >= 0.6 is 11.6 Å². The molecule has 0 fully saturated rings. The van der Waals surface area contributed by atoms with Gasteiger partial charge in [0.05, 0.1) is 6.04 Å². The Morgan fingerprint density at radius 1 is 1.40 bits per heavy atom. The molecule has 1 amide bonds. The minimum absolute atomic E-state index is 0.191. The van der Waals surface area contributed by atoms with Crippen molar-refractivity contribution < 1.29 is 4.79 Å². The van der Waals surface area contributed by atoms with Gasteiger partial charge in [0.1, 0.15) is 0 Å². The first-order chi connectivity index (χ1) is 6.91. The second kappa shape index (κ2) is 4.64. The fraction of sp³-hybridized carbons (Fsp3) is 0.364. The summed E-state index contributed by atoms with van der Waals surface area (Å²) in [5.74, 6) is -0.191. The molecule has 1 aromatic carbocycles. The lowest BCUT2D eigenvalue weighted by atomic mass is 10.1. The first-order valence-corrected chi connectivity index (χ1v) is 5.13. The van der Waals surface area contributed by atoms with E-state index in [2.05, 4.69) is 5.32 Å². The smallest absolute Gasteiger partial charge is 0.241 e. The fourth-order valence-corrected chi connectivity index (χ4v) is 1.67. The molecule has 0 radical (unpaired) electrons. The molecule has 0 saturated carbocycles. The van der Waals surface area contributed by atoms with E-state index in [4.69, 9.17) is 17.3 Å². The summed E-state index contributed by atoms with van der Waals surface area (Å²) in [5.41, 5.74) is 8.15.